The summed E-state index contributed by atoms with van der Waals surface area (Å²) in [4.78, 5) is 17.7. The molecule has 0 aromatic carbocycles. The van der Waals surface area contributed by atoms with Crippen molar-refractivity contribution in [3.8, 4) is 5.88 Å². The summed E-state index contributed by atoms with van der Waals surface area (Å²) in [6.07, 6.45) is 3.39. The number of aromatic nitrogens is 2. The van der Waals surface area contributed by atoms with E-state index >= 15 is 0 Å². The van der Waals surface area contributed by atoms with Crippen molar-refractivity contribution in [3.63, 3.8) is 0 Å². The molecule has 0 bridgehead atoms. The summed E-state index contributed by atoms with van der Waals surface area (Å²) in [5.74, 6) is 0.380. The van der Waals surface area contributed by atoms with E-state index in [1.165, 1.54) is 6.33 Å². The van der Waals surface area contributed by atoms with Gasteiger partial charge in [0.25, 0.3) is 5.56 Å². The first-order valence-corrected chi connectivity index (χ1v) is 5.67. The number of aromatic amines is 1. The highest BCUT2D eigenvalue weighted by atomic mass is 79.9. The van der Waals surface area contributed by atoms with E-state index in [0.717, 1.165) is 25.9 Å². The molecule has 2 rings (SSSR count). The topological polar surface area (TPSA) is 67.0 Å². The number of H-pyrrole nitrogens is 1. The fraction of sp³-hybridized carbons (Fsp3) is 0.556. The molecule has 0 amide bonds. The van der Waals surface area contributed by atoms with Gasteiger partial charge in [0, 0.05) is 0 Å². The summed E-state index contributed by atoms with van der Waals surface area (Å²) in [7, 11) is 0. The number of rotatable bonds is 2. The van der Waals surface area contributed by atoms with E-state index in [1.807, 2.05) is 0 Å². The van der Waals surface area contributed by atoms with Crippen LogP contribution >= 0.6 is 15.9 Å². The van der Waals surface area contributed by atoms with Gasteiger partial charge in [-0.05, 0) is 41.9 Å². The SMILES string of the molecule is O=c1[nH]cnc(OC2CCNCC2)c1Br. The molecule has 0 unspecified atom stereocenters. The summed E-state index contributed by atoms with van der Waals surface area (Å²) < 4.78 is 6.01. The first-order valence-electron chi connectivity index (χ1n) is 4.88. The number of ether oxygens (including phenoxy) is 1. The van der Waals surface area contributed by atoms with Gasteiger partial charge in [-0.25, -0.2) is 4.98 Å². The summed E-state index contributed by atoms with van der Waals surface area (Å²) in [6, 6.07) is 0. The van der Waals surface area contributed by atoms with Gasteiger partial charge in [0.15, 0.2) is 0 Å². The molecule has 0 atom stereocenters. The van der Waals surface area contributed by atoms with Crippen LogP contribution in [0.3, 0.4) is 0 Å². The lowest BCUT2D eigenvalue weighted by Gasteiger charge is -2.23. The van der Waals surface area contributed by atoms with E-state index in [2.05, 4.69) is 31.2 Å². The lowest BCUT2D eigenvalue weighted by Crippen LogP contribution is -2.34. The molecule has 5 nitrogen and oxygen atoms in total. The van der Waals surface area contributed by atoms with Crippen molar-refractivity contribution >= 4 is 15.9 Å². The molecule has 1 fully saturated rings. The third-order valence-electron chi connectivity index (χ3n) is 2.33. The fourth-order valence-corrected chi connectivity index (χ4v) is 1.83. The van der Waals surface area contributed by atoms with E-state index in [4.69, 9.17) is 4.74 Å². The Bertz CT molecular complexity index is 387. The van der Waals surface area contributed by atoms with Gasteiger partial charge in [-0.2, -0.15) is 0 Å². The number of hydrogen-bond donors (Lipinski definition) is 2. The maximum atomic E-state index is 11.2. The normalized spacial score (nSPS) is 17.7. The number of halogens is 1. The van der Waals surface area contributed by atoms with Crippen LogP contribution in [-0.2, 0) is 0 Å². The van der Waals surface area contributed by atoms with Crippen LogP contribution in [-0.4, -0.2) is 29.2 Å². The molecular weight excluding hydrogens is 262 g/mol. The van der Waals surface area contributed by atoms with Crippen molar-refractivity contribution in [2.75, 3.05) is 13.1 Å². The summed E-state index contributed by atoms with van der Waals surface area (Å²) in [5, 5.41) is 3.25. The molecule has 2 heterocycles. The highest BCUT2D eigenvalue weighted by Crippen LogP contribution is 2.19. The van der Waals surface area contributed by atoms with Crippen molar-refractivity contribution in [2.45, 2.75) is 18.9 Å². The van der Waals surface area contributed by atoms with Gasteiger partial charge in [0.2, 0.25) is 5.88 Å². The Labute approximate surface area is 95.4 Å². The molecule has 6 heteroatoms. The number of nitrogens with one attached hydrogen (secondary N) is 2. The maximum absolute atomic E-state index is 11.2. The van der Waals surface area contributed by atoms with Gasteiger partial charge in [0.05, 0.1) is 6.33 Å². The van der Waals surface area contributed by atoms with E-state index in [1.54, 1.807) is 0 Å². The zero-order chi connectivity index (χ0) is 10.7. The molecule has 2 N–H and O–H groups in total. The Kier molecular flexibility index (Phi) is 3.37. The van der Waals surface area contributed by atoms with Crippen molar-refractivity contribution in [2.24, 2.45) is 0 Å². The van der Waals surface area contributed by atoms with Crippen LogP contribution in [0.15, 0.2) is 15.6 Å². The monoisotopic (exact) mass is 273 g/mol. The Morgan fingerprint density at radius 3 is 2.93 bits per heavy atom. The molecule has 0 saturated carbocycles. The van der Waals surface area contributed by atoms with Crippen LogP contribution in [0.4, 0.5) is 0 Å². The largest absolute Gasteiger partial charge is 0.473 e. The zero-order valence-electron chi connectivity index (χ0n) is 8.12. The van der Waals surface area contributed by atoms with Crippen LogP contribution in [0.1, 0.15) is 12.8 Å². The minimum atomic E-state index is -0.214. The first-order chi connectivity index (χ1) is 7.27. The van der Waals surface area contributed by atoms with Crippen molar-refractivity contribution in [3.05, 3.63) is 21.2 Å². The van der Waals surface area contributed by atoms with Crippen molar-refractivity contribution < 1.29 is 4.74 Å². The second-order valence-corrected chi connectivity index (χ2v) is 4.21. The molecule has 1 saturated heterocycles. The molecule has 1 aromatic heterocycles. The molecule has 15 heavy (non-hydrogen) atoms. The van der Waals surface area contributed by atoms with Gasteiger partial charge in [-0.15, -0.1) is 0 Å². The third kappa shape index (κ3) is 2.57. The van der Waals surface area contributed by atoms with Crippen molar-refractivity contribution in [1.29, 1.82) is 0 Å². The second kappa shape index (κ2) is 4.76. The summed E-state index contributed by atoms with van der Waals surface area (Å²) >= 11 is 3.16. The summed E-state index contributed by atoms with van der Waals surface area (Å²) in [5.41, 5.74) is -0.214. The fourth-order valence-electron chi connectivity index (χ4n) is 1.52. The predicted octanol–water partition coefficient (Wildman–Crippen LogP) is 0.663. The Hall–Kier alpha value is -0.880. The van der Waals surface area contributed by atoms with Crippen LogP contribution in [0, 0.1) is 0 Å². The average Bonchev–Trinajstić information content (AvgIpc) is 2.26. The Morgan fingerprint density at radius 1 is 1.47 bits per heavy atom. The van der Waals surface area contributed by atoms with Crippen molar-refractivity contribution in [1.82, 2.24) is 15.3 Å². The minimum Gasteiger partial charge on any atom is -0.473 e. The minimum absolute atomic E-state index is 0.150. The quantitative estimate of drug-likeness (QED) is 0.831. The van der Waals surface area contributed by atoms with Gasteiger partial charge in [0.1, 0.15) is 10.6 Å². The highest BCUT2D eigenvalue weighted by Gasteiger charge is 2.17. The third-order valence-corrected chi connectivity index (χ3v) is 3.03. The zero-order valence-corrected chi connectivity index (χ0v) is 9.71. The number of hydrogen-bond acceptors (Lipinski definition) is 4. The van der Waals surface area contributed by atoms with E-state index in [0.29, 0.717) is 10.4 Å². The molecule has 1 aliphatic heterocycles. The smallest absolute Gasteiger partial charge is 0.268 e. The number of nitrogens with zero attached hydrogens (tertiary/aromatic N) is 1. The second-order valence-electron chi connectivity index (χ2n) is 3.42. The lowest BCUT2D eigenvalue weighted by atomic mass is 10.1. The molecule has 0 aliphatic carbocycles. The van der Waals surface area contributed by atoms with E-state index in [9.17, 15) is 4.79 Å². The van der Waals surface area contributed by atoms with Crippen LogP contribution in [0.2, 0.25) is 0 Å². The lowest BCUT2D eigenvalue weighted by molar-refractivity contribution is 0.154. The van der Waals surface area contributed by atoms with Gasteiger partial charge >= 0.3 is 0 Å². The van der Waals surface area contributed by atoms with Crippen LogP contribution in [0.25, 0.3) is 0 Å². The maximum Gasteiger partial charge on any atom is 0.268 e. The Balaban J connectivity index is 2.09. The van der Waals surface area contributed by atoms with Gasteiger partial charge < -0.3 is 15.0 Å². The first kappa shape index (κ1) is 10.6. The van der Waals surface area contributed by atoms with Gasteiger partial charge in [-0.1, -0.05) is 0 Å². The Morgan fingerprint density at radius 2 is 2.20 bits per heavy atom. The average molecular weight is 274 g/mol. The predicted molar refractivity (Wildman–Crippen MR) is 59.1 cm³/mol. The molecule has 82 valence electrons. The highest BCUT2D eigenvalue weighted by molar-refractivity contribution is 9.10. The van der Waals surface area contributed by atoms with E-state index in [-0.39, 0.29) is 11.7 Å². The van der Waals surface area contributed by atoms with Crippen LogP contribution in [0.5, 0.6) is 5.88 Å². The molecule has 0 spiro atoms. The summed E-state index contributed by atoms with van der Waals surface area (Å²) in [6.45, 7) is 1.90. The van der Waals surface area contributed by atoms with E-state index < -0.39 is 0 Å². The molecule has 1 aliphatic rings. The van der Waals surface area contributed by atoms with Gasteiger partial charge in [-0.3, -0.25) is 4.79 Å². The number of piperidine rings is 1. The standard InChI is InChI=1S/C9H12BrN3O2/c10-7-8(14)12-5-13-9(7)15-6-1-3-11-4-2-6/h5-6,11H,1-4H2,(H,12,13,14). The molecular formula is C9H12BrN3O2. The molecule has 0 radical (unpaired) electrons. The molecule has 1 aromatic rings. The van der Waals surface area contributed by atoms with Crippen LogP contribution < -0.4 is 15.6 Å².